The maximum Gasteiger partial charge on any atom is 0.228 e. The fourth-order valence-corrected chi connectivity index (χ4v) is 4.48. The molecule has 1 saturated carbocycles. The molecule has 1 aliphatic carbocycles. The molecule has 4 nitrogen and oxygen atoms in total. The average Bonchev–Trinajstić information content (AvgIpc) is 3.43. The Morgan fingerprint density at radius 1 is 1.19 bits per heavy atom. The zero-order valence-electron chi connectivity index (χ0n) is 16.1. The minimum Gasteiger partial charge on any atom is -0.342 e. The highest BCUT2D eigenvalue weighted by molar-refractivity contribution is 7.13. The molecule has 1 saturated heterocycles. The molecule has 0 bridgehead atoms. The van der Waals surface area contributed by atoms with Crippen LogP contribution in [0.3, 0.4) is 0 Å². The van der Waals surface area contributed by atoms with Gasteiger partial charge in [0.2, 0.25) is 5.91 Å². The molecule has 1 N–H and O–H groups in total. The van der Waals surface area contributed by atoms with Crippen LogP contribution in [0.1, 0.15) is 43.9 Å². The van der Waals surface area contributed by atoms with Crippen molar-refractivity contribution in [1.29, 1.82) is 0 Å². The number of hydrogen-bond donors (Lipinski definition) is 1. The molecule has 144 valence electrons. The van der Waals surface area contributed by atoms with Crippen molar-refractivity contribution in [2.24, 2.45) is 5.92 Å². The van der Waals surface area contributed by atoms with Gasteiger partial charge in [-0.15, -0.1) is 11.3 Å². The van der Waals surface area contributed by atoms with E-state index in [1.54, 1.807) is 11.3 Å². The lowest BCUT2D eigenvalue weighted by Gasteiger charge is -2.32. The first-order valence-corrected chi connectivity index (χ1v) is 11.1. The van der Waals surface area contributed by atoms with Crippen LogP contribution in [0.25, 0.3) is 10.6 Å². The van der Waals surface area contributed by atoms with Crippen molar-refractivity contribution in [3.63, 3.8) is 0 Å². The van der Waals surface area contributed by atoms with E-state index < -0.39 is 0 Å². The number of benzene rings is 1. The van der Waals surface area contributed by atoms with Crippen LogP contribution in [-0.2, 0) is 17.6 Å². The van der Waals surface area contributed by atoms with E-state index in [1.807, 2.05) is 10.3 Å². The summed E-state index contributed by atoms with van der Waals surface area (Å²) < 4.78 is 0. The second kappa shape index (κ2) is 8.53. The van der Waals surface area contributed by atoms with Gasteiger partial charge < -0.3 is 10.2 Å². The highest BCUT2D eigenvalue weighted by Crippen LogP contribution is 2.28. The third-order valence-corrected chi connectivity index (χ3v) is 6.67. The summed E-state index contributed by atoms with van der Waals surface area (Å²) in [5, 5.41) is 6.71. The van der Waals surface area contributed by atoms with Gasteiger partial charge in [0, 0.05) is 30.1 Å². The molecule has 27 heavy (non-hydrogen) atoms. The van der Waals surface area contributed by atoms with E-state index in [9.17, 15) is 4.79 Å². The number of nitrogens with one attached hydrogen (secondary N) is 1. The van der Waals surface area contributed by atoms with Gasteiger partial charge >= 0.3 is 0 Å². The van der Waals surface area contributed by atoms with Crippen molar-refractivity contribution in [2.45, 2.75) is 51.5 Å². The Kier molecular flexibility index (Phi) is 5.89. The van der Waals surface area contributed by atoms with Crippen LogP contribution in [0, 0.1) is 5.92 Å². The van der Waals surface area contributed by atoms with Gasteiger partial charge in [-0.1, -0.05) is 31.2 Å². The standard InChI is InChI=1S/C22H29N3OS/c1-2-16-5-7-18(8-6-16)22-24-20(15-27-22)13-21(26)25-11-9-19(10-12-25)23-14-17-3-4-17/h5-8,15,17,19,23H,2-4,9-14H2,1H3. The normalized spacial score (nSPS) is 18.0. The predicted molar refractivity (Wildman–Crippen MR) is 111 cm³/mol. The van der Waals surface area contributed by atoms with Crippen LogP contribution in [0.2, 0.25) is 0 Å². The molecular weight excluding hydrogens is 354 g/mol. The number of thiazole rings is 1. The zero-order valence-corrected chi connectivity index (χ0v) is 16.9. The molecular formula is C22H29N3OS. The Hall–Kier alpha value is -1.72. The van der Waals surface area contributed by atoms with Crippen LogP contribution in [0.4, 0.5) is 0 Å². The Morgan fingerprint density at radius 2 is 1.93 bits per heavy atom. The summed E-state index contributed by atoms with van der Waals surface area (Å²) >= 11 is 1.63. The summed E-state index contributed by atoms with van der Waals surface area (Å²) in [4.78, 5) is 19.4. The third-order valence-electron chi connectivity index (χ3n) is 5.73. The number of piperidine rings is 1. The molecule has 1 aliphatic heterocycles. The molecule has 0 unspecified atom stereocenters. The summed E-state index contributed by atoms with van der Waals surface area (Å²) in [5.74, 6) is 1.13. The molecule has 0 atom stereocenters. The second-order valence-electron chi connectivity index (χ2n) is 7.88. The molecule has 0 radical (unpaired) electrons. The lowest BCUT2D eigenvalue weighted by atomic mass is 10.0. The Labute approximate surface area is 166 Å². The molecule has 0 spiro atoms. The molecule has 2 aromatic rings. The van der Waals surface area contributed by atoms with Gasteiger partial charge in [-0.3, -0.25) is 4.79 Å². The Morgan fingerprint density at radius 3 is 2.59 bits per heavy atom. The van der Waals surface area contributed by atoms with Gasteiger partial charge in [0.15, 0.2) is 0 Å². The minimum atomic E-state index is 0.217. The monoisotopic (exact) mass is 383 g/mol. The van der Waals surface area contributed by atoms with Crippen molar-refractivity contribution in [1.82, 2.24) is 15.2 Å². The van der Waals surface area contributed by atoms with E-state index in [-0.39, 0.29) is 5.91 Å². The predicted octanol–water partition coefficient (Wildman–Crippen LogP) is 3.91. The van der Waals surface area contributed by atoms with Gasteiger partial charge in [-0.25, -0.2) is 4.98 Å². The summed E-state index contributed by atoms with van der Waals surface area (Å²) in [5.41, 5.74) is 3.37. The lowest BCUT2D eigenvalue weighted by molar-refractivity contribution is -0.131. The maximum absolute atomic E-state index is 12.6. The molecule has 5 heteroatoms. The van der Waals surface area contributed by atoms with Crippen molar-refractivity contribution in [2.75, 3.05) is 19.6 Å². The molecule has 1 aromatic carbocycles. The first-order chi connectivity index (χ1) is 13.2. The summed E-state index contributed by atoms with van der Waals surface area (Å²) in [6, 6.07) is 9.16. The van der Waals surface area contributed by atoms with E-state index in [1.165, 1.54) is 24.9 Å². The Bertz CT molecular complexity index is 758. The van der Waals surface area contributed by atoms with Crippen molar-refractivity contribution < 1.29 is 4.79 Å². The smallest absolute Gasteiger partial charge is 0.228 e. The third kappa shape index (κ3) is 4.96. The Balaban J connectivity index is 1.27. The first-order valence-electron chi connectivity index (χ1n) is 10.3. The van der Waals surface area contributed by atoms with Gasteiger partial charge in [-0.2, -0.15) is 0 Å². The molecule has 2 fully saturated rings. The van der Waals surface area contributed by atoms with E-state index in [0.29, 0.717) is 12.5 Å². The summed E-state index contributed by atoms with van der Waals surface area (Å²) in [7, 11) is 0. The molecule has 1 amide bonds. The highest BCUT2D eigenvalue weighted by atomic mass is 32.1. The number of amides is 1. The largest absolute Gasteiger partial charge is 0.342 e. The van der Waals surface area contributed by atoms with Crippen molar-refractivity contribution in [3.8, 4) is 10.6 Å². The maximum atomic E-state index is 12.6. The second-order valence-corrected chi connectivity index (χ2v) is 8.74. The number of hydrogen-bond acceptors (Lipinski definition) is 4. The molecule has 1 aromatic heterocycles. The fourth-order valence-electron chi connectivity index (χ4n) is 3.66. The first kappa shape index (κ1) is 18.6. The number of likely N-dealkylation sites (tertiary alicyclic amines) is 1. The van der Waals surface area contributed by atoms with Crippen LogP contribution < -0.4 is 5.32 Å². The fraction of sp³-hybridized carbons (Fsp3) is 0.545. The number of carbonyl (C=O) groups is 1. The minimum absolute atomic E-state index is 0.217. The van der Waals surface area contributed by atoms with Crippen LogP contribution in [0.15, 0.2) is 29.6 Å². The number of carbonyl (C=O) groups excluding carboxylic acids is 1. The van der Waals surface area contributed by atoms with Gasteiger partial charge in [-0.05, 0) is 50.1 Å². The average molecular weight is 384 g/mol. The number of aryl methyl sites for hydroxylation is 1. The SMILES string of the molecule is CCc1ccc(-c2nc(CC(=O)N3CCC(NCC4CC4)CC3)cs2)cc1. The summed E-state index contributed by atoms with van der Waals surface area (Å²) in [6.45, 7) is 5.07. The van der Waals surface area contributed by atoms with Crippen LogP contribution in [0.5, 0.6) is 0 Å². The van der Waals surface area contributed by atoms with E-state index in [0.717, 1.165) is 54.5 Å². The zero-order chi connectivity index (χ0) is 18.6. The summed E-state index contributed by atoms with van der Waals surface area (Å²) in [6.07, 6.45) is 6.40. The number of nitrogens with zero attached hydrogens (tertiary/aromatic N) is 2. The molecule has 2 aliphatic rings. The molecule has 2 heterocycles. The van der Waals surface area contributed by atoms with Gasteiger partial charge in [0.1, 0.15) is 5.01 Å². The van der Waals surface area contributed by atoms with E-state index in [2.05, 4.69) is 36.5 Å². The van der Waals surface area contributed by atoms with Crippen molar-refractivity contribution >= 4 is 17.2 Å². The van der Waals surface area contributed by atoms with Gasteiger partial charge in [0.25, 0.3) is 0 Å². The molecule has 4 rings (SSSR count). The van der Waals surface area contributed by atoms with Gasteiger partial charge in [0.05, 0.1) is 12.1 Å². The van der Waals surface area contributed by atoms with Crippen molar-refractivity contribution in [3.05, 3.63) is 40.9 Å². The quantitative estimate of drug-likeness (QED) is 0.788. The topological polar surface area (TPSA) is 45.2 Å². The van der Waals surface area contributed by atoms with Crippen LogP contribution in [-0.4, -0.2) is 41.5 Å². The number of rotatable bonds is 7. The number of aromatic nitrogens is 1. The van der Waals surface area contributed by atoms with E-state index >= 15 is 0 Å². The van der Waals surface area contributed by atoms with E-state index in [4.69, 9.17) is 4.98 Å². The highest BCUT2D eigenvalue weighted by Gasteiger charge is 2.26. The lowest BCUT2D eigenvalue weighted by Crippen LogP contribution is -2.45. The van der Waals surface area contributed by atoms with Crippen LogP contribution >= 0.6 is 11.3 Å².